The molecule has 0 spiro atoms. The van der Waals surface area contributed by atoms with Gasteiger partial charge in [-0.25, -0.2) is 4.79 Å². The van der Waals surface area contributed by atoms with Crippen LogP contribution in [-0.2, 0) is 14.3 Å². The fourth-order valence-corrected chi connectivity index (χ4v) is 2.15. The maximum Gasteiger partial charge on any atom is 0.331 e. The molecule has 1 rings (SSSR count). The fraction of sp³-hybridized carbons (Fsp3) is 0.688. The number of hydrogen-bond donors (Lipinski definition) is 0. The van der Waals surface area contributed by atoms with E-state index in [1.807, 2.05) is 13.8 Å². The lowest BCUT2D eigenvalue weighted by molar-refractivity contribution is -0.154. The summed E-state index contributed by atoms with van der Waals surface area (Å²) in [5, 5.41) is 0. The third-order valence-corrected chi connectivity index (χ3v) is 3.12. The van der Waals surface area contributed by atoms with Crippen LogP contribution in [-0.4, -0.2) is 24.8 Å². The lowest BCUT2D eigenvalue weighted by Crippen LogP contribution is -2.36. The molecule has 1 aliphatic carbocycles. The maximum absolute atomic E-state index is 11.7. The van der Waals surface area contributed by atoms with Crippen molar-refractivity contribution in [3.8, 4) is 0 Å². The molecule has 3 heteroatoms. The number of allylic oxidation sites excluding steroid dienone is 2. The lowest BCUT2D eigenvalue weighted by Gasteiger charge is -2.30. The Labute approximate surface area is 116 Å². The van der Waals surface area contributed by atoms with Crippen LogP contribution in [0.2, 0.25) is 0 Å². The summed E-state index contributed by atoms with van der Waals surface area (Å²) in [6, 6.07) is 0. The fourth-order valence-electron chi connectivity index (χ4n) is 2.15. The topological polar surface area (TPSA) is 35.5 Å². The van der Waals surface area contributed by atoms with Gasteiger partial charge in [0.1, 0.15) is 6.10 Å². The van der Waals surface area contributed by atoms with E-state index in [9.17, 15) is 4.79 Å². The maximum atomic E-state index is 11.7. The second-order valence-corrected chi connectivity index (χ2v) is 5.63. The molecule has 2 atom stereocenters. The van der Waals surface area contributed by atoms with Crippen molar-refractivity contribution in [3.63, 3.8) is 0 Å². The van der Waals surface area contributed by atoms with Crippen molar-refractivity contribution in [2.45, 2.75) is 65.6 Å². The Kier molecular flexibility index (Phi) is 6.85. The molecule has 3 nitrogen and oxygen atoms in total. The third kappa shape index (κ3) is 6.58. The Morgan fingerprint density at radius 1 is 1.05 bits per heavy atom. The van der Waals surface area contributed by atoms with Crippen molar-refractivity contribution in [1.29, 1.82) is 0 Å². The van der Waals surface area contributed by atoms with Crippen molar-refractivity contribution >= 4 is 5.97 Å². The molecule has 0 bridgehead atoms. The summed E-state index contributed by atoms with van der Waals surface area (Å²) in [4.78, 5) is 11.7. The van der Waals surface area contributed by atoms with Gasteiger partial charge >= 0.3 is 5.97 Å². The number of esters is 1. The normalized spacial score (nSPS) is 22.5. The van der Waals surface area contributed by atoms with Crippen LogP contribution in [0, 0.1) is 0 Å². The molecule has 0 amide bonds. The van der Waals surface area contributed by atoms with Gasteiger partial charge in [0.25, 0.3) is 0 Å². The number of rotatable bonds is 5. The molecule has 1 fully saturated rings. The highest BCUT2D eigenvalue weighted by molar-refractivity contribution is 5.82. The van der Waals surface area contributed by atoms with Crippen LogP contribution in [0.15, 0.2) is 23.3 Å². The van der Waals surface area contributed by atoms with E-state index in [2.05, 4.69) is 19.9 Å². The van der Waals surface area contributed by atoms with E-state index in [4.69, 9.17) is 9.47 Å². The zero-order chi connectivity index (χ0) is 14.3. The predicted octanol–water partition coefficient (Wildman–Crippen LogP) is 3.79. The Hall–Kier alpha value is -1.09. The van der Waals surface area contributed by atoms with Gasteiger partial charge in [0, 0.05) is 6.08 Å². The molecule has 0 saturated heterocycles. The van der Waals surface area contributed by atoms with Gasteiger partial charge in [-0.1, -0.05) is 23.6 Å². The summed E-state index contributed by atoms with van der Waals surface area (Å²) in [5.74, 6) is -0.247. The molecule has 0 aromatic rings. The monoisotopic (exact) mass is 266 g/mol. The van der Waals surface area contributed by atoms with Crippen molar-refractivity contribution < 1.29 is 14.3 Å². The number of carbonyl (C=O) groups is 1. The van der Waals surface area contributed by atoms with E-state index in [1.54, 1.807) is 6.08 Å². The Balaban J connectivity index is 2.50. The van der Waals surface area contributed by atoms with E-state index in [0.29, 0.717) is 6.61 Å². The number of ether oxygens (including phenoxy) is 2. The largest absolute Gasteiger partial charge is 0.456 e. The van der Waals surface area contributed by atoms with Gasteiger partial charge in [-0.3, -0.25) is 0 Å². The molecule has 0 heterocycles. The van der Waals surface area contributed by atoms with Gasteiger partial charge in [-0.15, -0.1) is 0 Å². The molecule has 0 aromatic carbocycles. The molecule has 1 aliphatic rings. The van der Waals surface area contributed by atoms with Crippen LogP contribution in [0.25, 0.3) is 0 Å². The van der Waals surface area contributed by atoms with Gasteiger partial charge in [0.15, 0.2) is 0 Å². The van der Waals surface area contributed by atoms with Crippen molar-refractivity contribution in [2.24, 2.45) is 0 Å². The molecule has 0 aromatic heterocycles. The van der Waals surface area contributed by atoms with E-state index in [0.717, 1.165) is 31.3 Å². The predicted molar refractivity (Wildman–Crippen MR) is 77.0 cm³/mol. The van der Waals surface area contributed by atoms with Gasteiger partial charge in [-0.05, 0) is 47.0 Å². The first-order chi connectivity index (χ1) is 8.99. The first-order valence-corrected chi connectivity index (χ1v) is 7.09. The second kappa shape index (κ2) is 8.16. The van der Waals surface area contributed by atoms with E-state index >= 15 is 0 Å². The van der Waals surface area contributed by atoms with E-state index in [1.165, 1.54) is 5.57 Å². The first-order valence-electron chi connectivity index (χ1n) is 7.09. The molecule has 0 aliphatic heterocycles. The van der Waals surface area contributed by atoms with Crippen LogP contribution in [0.1, 0.15) is 53.4 Å². The van der Waals surface area contributed by atoms with Gasteiger partial charge in [0.05, 0.1) is 12.7 Å². The molecular formula is C16H26O3. The minimum atomic E-state index is -0.247. The SMILES string of the molecule is CC(C)=CCO[C@H]1CCCC[C@H]1OC(=O)C=C(C)C. The number of carbonyl (C=O) groups excluding carboxylic acids is 1. The average Bonchev–Trinajstić information content (AvgIpc) is 2.29. The highest BCUT2D eigenvalue weighted by Gasteiger charge is 2.28. The molecule has 0 unspecified atom stereocenters. The number of hydrogen-bond acceptors (Lipinski definition) is 3. The Morgan fingerprint density at radius 2 is 1.68 bits per heavy atom. The van der Waals surface area contributed by atoms with Crippen LogP contribution < -0.4 is 0 Å². The first kappa shape index (κ1) is 16.0. The van der Waals surface area contributed by atoms with E-state index in [-0.39, 0.29) is 18.2 Å². The van der Waals surface area contributed by atoms with E-state index < -0.39 is 0 Å². The lowest BCUT2D eigenvalue weighted by atomic mass is 9.94. The second-order valence-electron chi connectivity index (χ2n) is 5.63. The molecule has 0 radical (unpaired) electrons. The molecule has 0 N–H and O–H groups in total. The van der Waals surface area contributed by atoms with Gasteiger partial charge in [0.2, 0.25) is 0 Å². The van der Waals surface area contributed by atoms with Gasteiger partial charge < -0.3 is 9.47 Å². The minimum absolute atomic E-state index is 0.0406. The van der Waals surface area contributed by atoms with Crippen molar-refractivity contribution in [3.05, 3.63) is 23.3 Å². The minimum Gasteiger partial charge on any atom is -0.456 e. The average molecular weight is 266 g/mol. The standard InChI is InChI=1S/C16H26O3/c1-12(2)9-10-18-14-7-5-6-8-15(14)19-16(17)11-13(3)4/h9,11,14-15H,5-8,10H2,1-4H3/t14-,15+/m0/s1. The molecule has 19 heavy (non-hydrogen) atoms. The Morgan fingerprint density at radius 3 is 2.26 bits per heavy atom. The summed E-state index contributed by atoms with van der Waals surface area (Å²) in [6.45, 7) is 8.49. The van der Waals surface area contributed by atoms with Crippen molar-refractivity contribution in [1.82, 2.24) is 0 Å². The smallest absolute Gasteiger partial charge is 0.331 e. The van der Waals surface area contributed by atoms with Crippen molar-refractivity contribution in [2.75, 3.05) is 6.61 Å². The van der Waals surface area contributed by atoms with Gasteiger partial charge in [-0.2, -0.15) is 0 Å². The summed E-state index contributed by atoms with van der Waals surface area (Å²) < 4.78 is 11.3. The summed E-state index contributed by atoms with van der Waals surface area (Å²) in [5.41, 5.74) is 2.21. The third-order valence-electron chi connectivity index (χ3n) is 3.12. The molecule has 1 saturated carbocycles. The van der Waals surface area contributed by atoms with Crippen LogP contribution in [0.4, 0.5) is 0 Å². The highest BCUT2D eigenvalue weighted by Crippen LogP contribution is 2.24. The zero-order valence-corrected chi connectivity index (χ0v) is 12.6. The summed E-state index contributed by atoms with van der Waals surface area (Å²) >= 11 is 0. The zero-order valence-electron chi connectivity index (χ0n) is 12.6. The van der Waals surface area contributed by atoms with Crippen LogP contribution in [0.5, 0.6) is 0 Å². The Bertz CT molecular complexity index is 347. The highest BCUT2D eigenvalue weighted by atomic mass is 16.6. The summed E-state index contributed by atoms with van der Waals surface area (Å²) in [7, 11) is 0. The quantitative estimate of drug-likeness (QED) is 0.431. The van der Waals surface area contributed by atoms with Crippen LogP contribution >= 0.6 is 0 Å². The van der Waals surface area contributed by atoms with Crippen LogP contribution in [0.3, 0.4) is 0 Å². The molecule has 108 valence electrons. The summed E-state index contributed by atoms with van der Waals surface area (Å²) in [6.07, 6.45) is 7.68. The molecular weight excluding hydrogens is 240 g/mol.